The Morgan fingerprint density at radius 2 is 1.96 bits per heavy atom. The molecule has 0 saturated heterocycles. The monoisotopic (exact) mass is 364 g/mol. The average Bonchev–Trinajstić information content (AvgIpc) is 2.66. The maximum atomic E-state index is 9.67. The third kappa shape index (κ3) is 5.65. The van der Waals surface area contributed by atoms with E-state index in [0.29, 0.717) is 11.8 Å². The van der Waals surface area contributed by atoms with Crippen molar-refractivity contribution in [2.45, 2.75) is 6.42 Å². The molecule has 2 aromatic heterocycles. The summed E-state index contributed by atoms with van der Waals surface area (Å²) in [6.45, 7) is 1.77. The van der Waals surface area contributed by atoms with Crippen molar-refractivity contribution >= 4 is 17.5 Å². The molecule has 7 nitrogen and oxygen atoms in total. The maximum absolute atomic E-state index is 9.67. The third-order valence-electron chi connectivity index (χ3n) is 3.87. The normalized spacial score (nSPS) is 10.8. The van der Waals surface area contributed by atoms with E-state index in [4.69, 9.17) is 0 Å². The van der Waals surface area contributed by atoms with Gasteiger partial charge in [-0.05, 0) is 51.3 Å². The van der Waals surface area contributed by atoms with Gasteiger partial charge >= 0.3 is 0 Å². The molecular weight excluding hydrogens is 340 g/mol. The molecule has 0 radical (unpaired) electrons. The van der Waals surface area contributed by atoms with Crippen molar-refractivity contribution in [1.29, 1.82) is 0 Å². The standard InChI is InChI=1S/C20H24N6O/c1-26(2)11-5-10-22-20-24-18(15-6-4-9-21-14-15)13-19(25-20)23-16-7-3-8-17(27)12-16/h3-4,6-9,12-14,27H,5,10-11H2,1-2H3,(H2,22,23,24,25). The molecule has 27 heavy (non-hydrogen) atoms. The van der Waals surface area contributed by atoms with Crippen LogP contribution in [0.3, 0.4) is 0 Å². The Hall–Kier alpha value is -3.19. The van der Waals surface area contributed by atoms with Crippen molar-refractivity contribution in [3.8, 4) is 17.0 Å². The number of benzene rings is 1. The summed E-state index contributed by atoms with van der Waals surface area (Å²) >= 11 is 0. The van der Waals surface area contributed by atoms with Crippen LogP contribution < -0.4 is 10.6 Å². The fourth-order valence-electron chi connectivity index (χ4n) is 2.58. The summed E-state index contributed by atoms with van der Waals surface area (Å²) in [4.78, 5) is 15.5. The van der Waals surface area contributed by atoms with Gasteiger partial charge in [0, 0.05) is 42.3 Å². The van der Waals surface area contributed by atoms with E-state index in [1.165, 1.54) is 0 Å². The molecule has 0 aliphatic rings. The van der Waals surface area contributed by atoms with E-state index in [1.54, 1.807) is 30.6 Å². The summed E-state index contributed by atoms with van der Waals surface area (Å²) in [6, 6.07) is 12.6. The lowest BCUT2D eigenvalue weighted by molar-refractivity contribution is 0.405. The van der Waals surface area contributed by atoms with Crippen LogP contribution in [0.1, 0.15) is 6.42 Å². The molecule has 3 aromatic rings. The SMILES string of the molecule is CN(C)CCCNc1nc(Nc2cccc(O)c2)cc(-c2cccnc2)n1. The summed E-state index contributed by atoms with van der Waals surface area (Å²) in [5.74, 6) is 1.39. The Balaban J connectivity index is 1.83. The molecule has 0 atom stereocenters. The smallest absolute Gasteiger partial charge is 0.225 e. The van der Waals surface area contributed by atoms with Crippen molar-refractivity contribution in [3.63, 3.8) is 0 Å². The molecule has 0 spiro atoms. The molecule has 0 amide bonds. The van der Waals surface area contributed by atoms with E-state index in [9.17, 15) is 5.11 Å². The minimum absolute atomic E-state index is 0.198. The number of pyridine rings is 1. The van der Waals surface area contributed by atoms with Gasteiger partial charge in [0.25, 0.3) is 0 Å². The lowest BCUT2D eigenvalue weighted by Gasteiger charge is -2.13. The fraction of sp³-hybridized carbons (Fsp3) is 0.250. The maximum Gasteiger partial charge on any atom is 0.225 e. The van der Waals surface area contributed by atoms with Crippen LogP contribution in [-0.4, -0.2) is 52.1 Å². The first-order valence-corrected chi connectivity index (χ1v) is 8.84. The number of aromatic nitrogens is 3. The fourth-order valence-corrected chi connectivity index (χ4v) is 2.58. The molecule has 3 N–H and O–H groups in total. The van der Waals surface area contributed by atoms with Gasteiger partial charge < -0.3 is 20.6 Å². The lowest BCUT2D eigenvalue weighted by Crippen LogP contribution is -2.17. The number of anilines is 3. The Kier molecular flexibility index (Phi) is 6.17. The third-order valence-corrected chi connectivity index (χ3v) is 3.87. The molecule has 1 aromatic carbocycles. The molecule has 0 unspecified atom stereocenters. The number of hydrogen-bond donors (Lipinski definition) is 3. The second-order valence-corrected chi connectivity index (χ2v) is 6.46. The van der Waals surface area contributed by atoms with Crippen LogP contribution in [0.5, 0.6) is 5.75 Å². The number of phenols is 1. The predicted octanol–water partition coefficient (Wildman–Crippen LogP) is 3.35. The van der Waals surface area contributed by atoms with Gasteiger partial charge in [-0.2, -0.15) is 4.98 Å². The molecule has 0 bridgehead atoms. The van der Waals surface area contributed by atoms with Gasteiger partial charge in [0.15, 0.2) is 0 Å². The molecule has 0 aliphatic carbocycles. The van der Waals surface area contributed by atoms with Crippen LogP contribution in [0.15, 0.2) is 54.9 Å². The largest absolute Gasteiger partial charge is 0.508 e. The number of nitrogens with zero attached hydrogens (tertiary/aromatic N) is 4. The Labute approximate surface area is 159 Å². The Bertz CT molecular complexity index is 869. The molecule has 2 heterocycles. The number of phenolic OH excluding ortho intramolecular Hbond substituents is 1. The summed E-state index contributed by atoms with van der Waals surface area (Å²) in [6.07, 6.45) is 4.50. The highest BCUT2D eigenvalue weighted by atomic mass is 16.3. The molecule has 0 saturated carbocycles. The van der Waals surface area contributed by atoms with Crippen LogP contribution in [0.4, 0.5) is 17.5 Å². The van der Waals surface area contributed by atoms with Gasteiger partial charge in [-0.15, -0.1) is 0 Å². The number of hydrogen-bond acceptors (Lipinski definition) is 7. The summed E-state index contributed by atoms with van der Waals surface area (Å²) in [5, 5.41) is 16.2. The Morgan fingerprint density at radius 1 is 1.07 bits per heavy atom. The molecular formula is C20H24N6O. The zero-order valence-corrected chi connectivity index (χ0v) is 15.6. The van der Waals surface area contributed by atoms with Crippen molar-refractivity contribution in [2.24, 2.45) is 0 Å². The first-order chi connectivity index (χ1) is 13.1. The molecule has 0 aliphatic heterocycles. The van der Waals surface area contributed by atoms with E-state index in [-0.39, 0.29) is 5.75 Å². The number of aromatic hydroxyl groups is 1. The van der Waals surface area contributed by atoms with E-state index in [0.717, 1.165) is 36.5 Å². The Morgan fingerprint density at radius 3 is 2.70 bits per heavy atom. The van der Waals surface area contributed by atoms with E-state index < -0.39 is 0 Å². The summed E-state index contributed by atoms with van der Waals surface area (Å²) in [7, 11) is 4.10. The van der Waals surface area contributed by atoms with Crippen molar-refractivity contribution in [1.82, 2.24) is 19.9 Å². The van der Waals surface area contributed by atoms with Crippen LogP contribution in [-0.2, 0) is 0 Å². The zero-order chi connectivity index (χ0) is 19.1. The minimum Gasteiger partial charge on any atom is -0.508 e. The van der Waals surface area contributed by atoms with Gasteiger partial charge in [0.2, 0.25) is 5.95 Å². The topological polar surface area (TPSA) is 86.2 Å². The zero-order valence-electron chi connectivity index (χ0n) is 15.6. The highest BCUT2D eigenvalue weighted by Gasteiger charge is 2.08. The van der Waals surface area contributed by atoms with Crippen molar-refractivity contribution < 1.29 is 5.11 Å². The van der Waals surface area contributed by atoms with Gasteiger partial charge in [0.1, 0.15) is 11.6 Å². The lowest BCUT2D eigenvalue weighted by atomic mass is 10.2. The van der Waals surface area contributed by atoms with Crippen LogP contribution in [0, 0.1) is 0 Å². The van der Waals surface area contributed by atoms with Crippen LogP contribution in [0.25, 0.3) is 11.3 Å². The quantitative estimate of drug-likeness (QED) is 0.528. The van der Waals surface area contributed by atoms with E-state index in [2.05, 4.69) is 44.6 Å². The first kappa shape index (κ1) is 18.6. The molecule has 140 valence electrons. The van der Waals surface area contributed by atoms with E-state index >= 15 is 0 Å². The van der Waals surface area contributed by atoms with Crippen molar-refractivity contribution in [3.05, 3.63) is 54.9 Å². The van der Waals surface area contributed by atoms with Gasteiger partial charge in [0.05, 0.1) is 5.69 Å². The van der Waals surface area contributed by atoms with E-state index in [1.807, 2.05) is 24.3 Å². The summed E-state index contributed by atoms with van der Waals surface area (Å²) < 4.78 is 0. The van der Waals surface area contributed by atoms with Crippen molar-refractivity contribution in [2.75, 3.05) is 37.8 Å². The number of nitrogens with one attached hydrogen (secondary N) is 2. The first-order valence-electron chi connectivity index (χ1n) is 8.84. The van der Waals surface area contributed by atoms with Gasteiger partial charge in [-0.1, -0.05) is 6.07 Å². The summed E-state index contributed by atoms with van der Waals surface area (Å²) in [5.41, 5.74) is 2.44. The van der Waals surface area contributed by atoms with Crippen LogP contribution >= 0.6 is 0 Å². The van der Waals surface area contributed by atoms with Gasteiger partial charge in [-0.3, -0.25) is 4.98 Å². The molecule has 0 fully saturated rings. The van der Waals surface area contributed by atoms with Crippen LogP contribution in [0.2, 0.25) is 0 Å². The highest BCUT2D eigenvalue weighted by Crippen LogP contribution is 2.24. The highest BCUT2D eigenvalue weighted by molar-refractivity contribution is 5.67. The minimum atomic E-state index is 0.198. The molecule has 3 rings (SSSR count). The second kappa shape index (κ2) is 8.95. The molecule has 7 heteroatoms. The second-order valence-electron chi connectivity index (χ2n) is 6.46. The predicted molar refractivity (Wildman–Crippen MR) is 108 cm³/mol. The van der Waals surface area contributed by atoms with Gasteiger partial charge in [-0.25, -0.2) is 4.98 Å². The number of rotatable bonds is 8. The average molecular weight is 364 g/mol.